The molecule has 0 unspecified atom stereocenters. The predicted octanol–water partition coefficient (Wildman–Crippen LogP) is 4.36. The number of nitrogen functional groups attached to an aromatic ring is 1. The van der Waals surface area contributed by atoms with Crippen molar-refractivity contribution in [1.29, 1.82) is 0 Å². The molecule has 2 N–H and O–H groups in total. The molecular formula is C18H30N4. The second-order valence-corrected chi connectivity index (χ2v) is 9.24. The van der Waals surface area contributed by atoms with Gasteiger partial charge in [-0.25, -0.2) is 0 Å². The molecule has 0 saturated heterocycles. The number of fused-ring (bicyclic) bond motifs is 1. The number of hydrogen-bond donors (Lipinski definition) is 1. The lowest BCUT2D eigenvalue weighted by atomic mass is 9.85. The monoisotopic (exact) mass is 302 g/mol. The van der Waals surface area contributed by atoms with Crippen LogP contribution in [0.5, 0.6) is 0 Å². The van der Waals surface area contributed by atoms with Crippen molar-refractivity contribution in [1.82, 2.24) is 14.8 Å². The Balaban J connectivity index is 3.06. The number of rotatable bonds is 0. The summed E-state index contributed by atoms with van der Waals surface area (Å²) in [5.41, 5.74) is 9.46. The number of aromatic nitrogens is 3. The zero-order chi connectivity index (χ0) is 17.1. The number of nitrogens with two attached hydrogens (primary N) is 1. The molecule has 0 aromatic carbocycles. The number of hydrogen-bond acceptors (Lipinski definition) is 3. The molecule has 0 aliphatic carbocycles. The van der Waals surface area contributed by atoms with Crippen LogP contribution in [0.25, 0.3) is 10.9 Å². The fourth-order valence-electron chi connectivity index (χ4n) is 2.80. The van der Waals surface area contributed by atoms with E-state index in [4.69, 9.17) is 5.73 Å². The van der Waals surface area contributed by atoms with Crippen molar-refractivity contribution in [2.24, 2.45) is 0 Å². The normalized spacial score (nSPS) is 13.9. The Morgan fingerprint density at radius 1 is 0.864 bits per heavy atom. The lowest BCUT2D eigenvalue weighted by Gasteiger charge is -2.26. The van der Waals surface area contributed by atoms with E-state index in [2.05, 4.69) is 83.3 Å². The maximum atomic E-state index is 6.24. The van der Waals surface area contributed by atoms with E-state index in [0.717, 1.165) is 16.6 Å². The molecule has 0 atom stereocenters. The van der Waals surface area contributed by atoms with Crippen molar-refractivity contribution in [3.05, 3.63) is 17.5 Å². The highest BCUT2D eigenvalue weighted by atomic mass is 15.2. The molecule has 2 heterocycles. The van der Waals surface area contributed by atoms with E-state index < -0.39 is 0 Å². The zero-order valence-electron chi connectivity index (χ0n) is 15.5. The first-order valence-corrected chi connectivity index (χ1v) is 7.93. The lowest BCUT2D eigenvalue weighted by molar-refractivity contribution is 0.404. The van der Waals surface area contributed by atoms with E-state index in [-0.39, 0.29) is 16.4 Å². The fraction of sp³-hybridized carbons (Fsp3) is 0.667. The molecule has 0 saturated carbocycles. The van der Waals surface area contributed by atoms with Gasteiger partial charge in [-0.1, -0.05) is 41.5 Å². The van der Waals surface area contributed by atoms with Crippen LogP contribution in [0.15, 0.2) is 6.20 Å². The third-order valence-electron chi connectivity index (χ3n) is 3.98. The van der Waals surface area contributed by atoms with E-state index in [0.29, 0.717) is 5.82 Å². The van der Waals surface area contributed by atoms with Crippen LogP contribution in [0.1, 0.15) is 73.6 Å². The fourth-order valence-corrected chi connectivity index (χ4v) is 2.80. The molecule has 0 spiro atoms. The molecule has 0 amide bonds. The van der Waals surface area contributed by atoms with Crippen LogP contribution in [-0.2, 0) is 16.4 Å². The summed E-state index contributed by atoms with van der Waals surface area (Å²) < 4.78 is 2.31. The van der Waals surface area contributed by atoms with Gasteiger partial charge in [-0.2, -0.15) is 5.10 Å². The van der Waals surface area contributed by atoms with Crippen molar-refractivity contribution >= 4 is 16.7 Å². The van der Waals surface area contributed by atoms with Gasteiger partial charge in [0.15, 0.2) is 5.82 Å². The molecule has 2 aromatic heterocycles. The molecule has 0 fully saturated rings. The van der Waals surface area contributed by atoms with E-state index in [1.54, 1.807) is 0 Å². The van der Waals surface area contributed by atoms with Crippen molar-refractivity contribution < 1.29 is 0 Å². The Bertz CT molecular complexity index is 704. The molecule has 0 bridgehead atoms. The van der Waals surface area contributed by atoms with Gasteiger partial charge in [-0.3, -0.25) is 0 Å². The highest BCUT2D eigenvalue weighted by molar-refractivity contribution is 5.95. The Kier molecular flexibility index (Phi) is 3.59. The molecule has 0 radical (unpaired) electrons. The zero-order valence-corrected chi connectivity index (χ0v) is 15.5. The Labute approximate surface area is 134 Å². The summed E-state index contributed by atoms with van der Waals surface area (Å²) in [6.45, 7) is 19.8. The van der Waals surface area contributed by atoms with Crippen LogP contribution in [0.4, 0.5) is 5.82 Å². The van der Waals surface area contributed by atoms with Crippen LogP contribution in [-0.4, -0.2) is 14.8 Å². The molecule has 4 nitrogen and oxygen atoms in total. The van der Waals surface area contributed by atoms with Gasteiger partial charge in [0.1, 0.15) is 0 Å². The van der Waals surface area contributed by atoms with Gasteiger partial charge >= 0.3 is 0 Å². The van der Waals surface area contributed by atoms with E-state index in [9.17, 15) is 0 Å². The summed E-state index contributed by atoms with van der Waals surface area (Å²) in [6, 6.07) is 0. The van der Waals surface area contributed by atoms with Crippen LogP contribution in [0.2, 0.25) is 0 Å². The van der Waals surface area contributed by atoms with Crippen molar-refractivity contribution in [3.8, 4) is 0 Å². The van der Waals surface area contributed by atoms with E-state index in [1.165, 1.54) is 5.56 Å². The summed E-state index contributed by atoms with van der Waals surface area (Å²) in [5.74, 6) is 0.524. The Hall–Kier alpha value is -1.58. The average Bonchev–Trinajstić information content (AvgIpc) is 2.67. The average molecular weight is 302 g/mol. The smallest absolute Gasteiger partial charge is 0.155 e. The first-order chi connectivity index (χ1) is 9.74. The summed E-state index contributed by atoms with van der Waals surface area (Å²) in [7, 11) is 0. The maximum absolute atomic E-state index is 6.24. The predicted molar refractivity (Wildman–Crippen MR) is 94.3 cm³/mol. The summed E-state index contributed by atoms with van der Waals surface area (Å²) in [5, 5.41) is 9.77. The van der Waals surface area contributed by atoms with E-state index >= 15 is 0 Å². The second-order valence-electron chi connectivity index (χ2n) is 9.24. The van der Waals surface area contributed by atoms with Gasteiger partial charge in [0.2, 0.25) is 0 Å². The minimum atomic E-state index is -0.0878. The van der Waals surface area contributed by atoms with Crippen LogP contribution < -0.4 is 5.73 Å². The number of nitrogens with zero attached hydrogens (tertiary/aromatic N) is 3. The summed E-state index contributed by atoms with van der Waals surface area (Å²) in [6.07, 6.45) is 2.24. The third kappa shape index (κ3) is 2.71. The first-order valence-electron chi connectivity index (χ1n) is 7.93. The highest BCUT2D eigenvalue weighted by Crippen LogP contribution is 2.40. The van der Waals surface area contributed by atoms with Crippen molar-refractivity contribution in [3.63, 3.8) is 0 Å². The van der Waals surface area contributed by atoms with Crippen LogP contribution in [0, 0.1) is 0 Å². The molecular weight excluding hydrogens is 272 g/mol. The molecule has 22 heavy (non-hydrogen) atoms. The van der Waals surface area contributed by atoms with Gasteiger partial charge in [-0.15, -0.1) is 5.10 Å². The van der Waals surface area contributed by atoms with Crippen LogP contribution in [0.3, 0.4) is 0 Å². The van der Waals surface area contributed by atoms with E-state index in [1.807, 2.05) is 0 Å². The minimum absolute atomic E-state index is 0.00105. The lowest BCUT2D eigenvalue weighted by Crippen LogP contribution is -2.24. The quantitative estimate of drug-likeness (QED) is 0.786. The largest absolute Gasteiger partial charge is 0.382 e. The van der Waals surface area contributed by atoms with Gasteiger partial charge in [0.25, 0.3) is 0 Å². The van der Waals surface area contributed by atoms with Gasteiger partial charge in [0, 0.05) is 22.5 Å². The SMILES string of the molecule is CC(C)(C)c1cn(C(C)(C)C)c2c(C(C)(C)C)nnc(N)c12. The molecule has 0 aliphatic heterocycles. The molecule has 122 valence electrons. The Morgan fingerprint density at radius 2 is 1.41 bits per heavy atom. The van der Waals surface area contributed by atoms with Crippen molar-refractivity contribution in [2.75, 3.05) is 5.73 Å². The maximum Gasteiger partial charge on any atom is 0.155 e. The minimum Gasteiger partial charge on any atom is -0.382 e. The summed E-state index contributed by atoms with van der Waals surface area (Å²) >= 11 is 0. The van der Waals surface area contributed by atoms with Gasteiger partial charge in [-0.05, 0) is 31.7 Å². The molecule has 2 aromatic rings. The third-order valence-corrected chi connectivity index (χ3v) is 3.98. The van der Waals surface area contributed by atoms with Crippen LogP contribution >= 0.6 is 0 Å². The van der Waals surface area contributed by atoms with Gasteiger partial charge < -0.3 is 10.3 Å². The molecule has 4 heteroatoms. The molecule has 2 rings (SSSR count). The topological polar surface area (TPSA) is 56.7 Å². The first kappa shape index (κ1) is 16.8. The van der Waals surface area contributed by atoms with Crippen molar-refractivity contribution in [2.45, 2.75) is 78.7 Å². The Morgan fingerprint density at radius 3 is 1.82 bits per heavy atom. The second kappa shape index (κ2) is 4.71. The molecule has 0 aliphatic rings. The standard InChI is InChI=1S/C18H30N4/c1-16(2,3)11-10-22(18(7,8)9)13-12(11)15(19)21-20-14(13)17(4,5)6/h10H,1-9H3,(H2,19,21). The summed E-state index contributed by atoms with van der Waals surface area (Å²) in [4.78, 5) is 0. The highest BCUT2D eigenvalue weighted by Gasteiger charge is 2.31. The number of anilines is 1. The van der Waals surface area contributed by atoms with Gasteiger partial charge in [0.05, 0.1) is 11.2 Å².